The van der Waals surface area contributed by atoms with Gasteiger partial charge in [0, 0.05) is 11.3 Å². The molecule has 2 N–H and O–H groups in total. The zero-order valence-corrected chi connectivity index (χ0v) is 21.2. The van der Waals surface area contributed by atoms with Crippen LogP contribution < -0.4 is 10.6 Å². The third-order valence-corrected chi connectivity index (χ3v) is 5.94. The van der Waals surface area contributed by atoms with Gasteiger partial charge in [-0.1, -0.05) is 6.07 Å². The molecule has 4 heterocycles. The van der Waals surface area contributed by atoms with Gasteiger partial charge in [-0.25, -0.2) is 19.2 Å². The minimum absolute atomic E-state index is 0.00590. The Morgan fingerprint density at radius 1 is 1.34 bits per heavy atom. The van der Waals surface area contributed by atoms with Gasteiger partial charge in [0.05, 0.1) is 18.8 Å². The van der Waals surface area contributed by atoms with Gasteiger partial charge in [0.2, 0.25) is 11.2 Å². The van der Waals surface area contributed by atoms with Crippen molar-refractivity contribution in [1.29, 1.82) is 0 Å². The third-order valence-electron chi connectivity index (χ3n) is 4.90. The number of furan rings is 1. The number of hydrogen-bond acceptors (Lipinski definition) is 9. The molecule has 12 heteroatoms. The van der Waals surface area contributed by atoms with Gasteiger partial charge in [-0.05, 0) is 50.7 Å². The second kappa shape index (κ2) is 10.2. The van der Waals surface area contributed by atoms with Crippen molar-refractivity contribution in [3.05, 3.63) is 45.9 Å². The molecule has 0 aromatic carbocycles. The first kappa shape index (κ1) is 24.9. The highest BCUT2D eigenvalue weighted by molar-refractivity contribution is 7.09. The van der Waals surface area contributed by atoms with Crippen molar-refractivity contribution in [2.24, 2.45) is 0 Å². The van der Waals surface area contributed by atoms with Crippen molar-refractivity contribution in [3.63, 3.8) is 0 Å². The Bertz CT molecular complexity index is 1290. The molecule has 0 saturated carbocycles. The van der Waals surface area contributed by atoms with Crippen molar-refractivity contribution in [2.45, 2.75) is 58.5 Å². The largest absolute Gasteiger partial charge is 0.455 e. The number of anilines is 1. The highest BCUT2D eigenvalue weighted by Gasteiger charge is 2.30. The van der Waals surface area contributed by atoms with Gasteiger partial charge in [-0.15, -0.1) is 11.3 Å². The van der Waals surface area contributed by atoms with Crippen molar-refractivity contribution < 1.29 is 22.8 Å². The number of carbonyl (C=O) groups excluding carboxylic acids is 1. The van der Waals surface area contributed by atoms with Gasteiger partial charge in [-0.2, -0.15) is 4.98 Å². The molecule has 186 valence electrons. The zero-order valence-electron chi connectivity index (χ0n) is 19.6. The third kappa shape index (κ3) is 6.09. The van der Waals surface area contributed by atoms with Gasteiger partial charge in [0.15, 0.2) is 11.4 Å². The fraction of sp³-hybridized carbons (Fsp3) is 0.391. The van der Waals surface area contributed by atoms with Crippen LogP contribution in [0.3, 0.4) is 0 Å². The Morgan fingerprint density at radius 2 is 2.14 bits per heavy atom. The molecular weight excluding hydrogens is 497 g/mol. The van der Waals surface area contributed by atoms with Crippen LogP contribution in [-0.4, -0.2) is 38.9 Å². The Kier molecular flexibility index (Phi) is 7.27. The maximum Gasteiger partial charge on any atom is 0.407 e. The Morgan fingerprint density at radius 3 is 2.77 bits per heavy atom. The van der Waals surface area contributed by atoms with Crippen LogP contribution in [0.1, 0.15) is 38.3 Å². The summed E-state index contributed by atoms with van der Waals surface area (Å²) in [6, 6.07) is 2.98. The van der Waals surface area contributed by atoms with Crippen molar-refractivity contribution >= 4 is 45.9 Å². The number of oxazole rings is 1. The van der Waals surface area contributed by atoms with Crippen LogP contribution in [0.25, 0.3) is 22.6 Å². The number of ether oxygens (including phenoxy) is 1. The highest BCUT2D eigenvalue weighted by atomic mass is 35.5. The van der Waals surface area contributed by atoms with Crippen molar-refractivity contribution in [2.75, 3.05) is 5.32 Å². The molecule has 0 spiro atoms. The molecule has 4 aromatic heterocycles. The Hall–Kier alpha value is -3.18. The van der Waals surface area contributed by atoms with Gasteiger partial charge in [0.25, 0.3) is 0 Å². The molecular formula is C23H25ClFN5O4S. The van der Waals surface area contributed by atoms with E-state index in [9.17, 15) is 9.18 Å². The summed E-state index contributed by atoms with van der Waals surface area (Å²) >= 11 is 7.82. The summed E-state index contributed by atoms with van der Waals surface area (Å²) in [7, 11) is 0. The van der Waals surface area contributed by atoms with Gasteiger partial charge in [0.1, 0.15) is 34.9 Å². The van der Waals surface area contributed by atoms with Crippen molar-refractivity contribution in [3.8, 4) is 11.5 Å². The van der Waals surface area contributed by atoms with Crippen LogP contribution >= 0.6 is 22.9 Å². The van der Waals surface area contributed by atoms with Crippen LogP contribution in [0.15, 0.2) is 38.8 Å². The number of aromatic nitrogens is 3. The monoisotopic (exact) mass is 521 g/mol. The summed E-state index contributed by atoms with van der Waals surface area (Å²) in [5.74, 6) is 0.904. The lowest BCUT2D eigenvalue weighted by molar-refractivity contribution is 0.0476. The molecule has 0 aliphatic carbocycles. The fourth-order valence-corrected chi connectivity index (χ4v) is 4.21. The number of halogens is 2. The lowest BCUT2D eigenvalue weighted by Gasteiger charge is -2.24. The van der Waals surface area contributed by atoms with E-state index in [1.165, 1.54) is 19.4 Å². The summed E-state index contributed by atoms with van der Waals surface area (Å²) < 4.78 is 31.5. The molecule has 35 heavy (non-hydrogen) atoms. The first-order valence-electron chi connectivity index (χ1n) is 10.9. The number of hydrogen-bond donors (Lipinski definition) is 2. The number of nitrogens with one attached hydrogen (secondary N) is 2. The van der Waals surface area contributed by atoms with E-state index in [1.54, 1.807) is 32.1 Å². The maximum atomic E-state index is 14.6. The molecule has 1 amide bonds. The minimum atomic E-state index is -1.42. The first-order chi connectivity index (χ1) is 16.6. The molecule has 4 aromatic rings. The summed E-state index contributed by atoms with van der Waals surface area (Å²) in [6.45, 7) is 7.03. The van der Waals surface area contributed by atoms with Crippen LogP contribution in [-0.2, 0) is 17.7 Å². The van der Waals surface area contributed by atoms with E-state index in [0.29, 0.717) is 34.8 Å². The lowest BCUT2D eigenvalue weighted by Crippen LogP contribution is -2.44. The average Bonchev–Trinajstić information content (AvgIpc) is 3.51. The average molecular weight is 522 g/mol. The molecule has 2 atom stereocenters. The molecule has 0 aliphatic heterocycles. The summed E-state index contributed by atoms with van der Waals surface area (Å²) in [5, 5.41) is 7.77. The molecule has 4 rings (SSSR count). The van der Waals surface area contributed by atoms with E-state index < -0.39 is 23.9 Å². The number of thiophene rings is 1. The smallest absolute Gasteiger partial charge is 0.407 e. The lowest BCUT2D eigenvalue weighted by atomic mass is 10.0. The molecule has 0 radical (unpaired) electrons. The SMILES string of the molecule is CC(F)C(Cc1oc2c(NCc3cccs3)nc(Cl)nc2c1-c1ncco1)NC(=O)OC(C)(C)C. The number of fused-ring (bicyclic) bond motifs is 1. The van der Waals surface area contributed by atoms with Gasteiger partial charge in [-0.3, -0.25) is 0 Å². The second-order valence-corrected chi connectivity index (χ2v) is 10.2. The highest BCUT2D eigenvalue weighted by Crippen LogP contribution is 2.37. The molecule has 0 fully saturated rings. The van der Waals surface area contributed by atoms with E-state index in [0.717, 1.165) is 4.88 Å². The van der Waals surface area contributed by atoms with Crippen LogP contribution in [0.5, 0.6) is 0 Å². The van der Waals surface area contributed by atoms with Gasteiger partial charge >= 0.3 is 6.09 Å². The predicted octanol–water partition coefficient (Wildman–Crippen LogP) is 6.00. The zero-order chi connectivity index (χ0) is 25.2. The van der Waals surface area contributed by atoms with Crippen LogP contribution in [0, 0.1) is 0 Å². The van der Waals surface area contributed by atoms with Crippen LogP contribution in [0.2, 0.25) is 5.28 Å². The van der Waals surface area contributed by atoms with E-state index in [-0.39, 0.29) is 17.6 Å². The molecule has 0 aliphatic rings. The van der Waals surface area contributed by atoms with Gasteiger partial charge < -0.3 is 24.2 Å². The van der Waals surface area contributed by atoms with E-state index >= 15 is 0 Å². The first-order valence-corrected chi connectivity index (χ1v) is 12.1. The topological polar surface area (TPSA) is 115 Å². The fourth-order valence-electron chi connectivity index (χ4n) is 3.40. The molecule has 0 bridgehead atoms. The molecule has 2 unspecified atom stereocenters. The summed E-state index contributed by atoms with van der Waals surface area (Å²) in [4.78, 5) is 26.3. The van der Waals surface area contributed by atoms with Crippen LogP contribution in [0.4, 0.5) is 15.0 Å². The van der Waals surface area contributed by atoms with E-state index in [1.807, 2.05) is 17.5 Å². The standard InChI is InChI=1S/C23H25ClFN5O4S/c1-12(25)14(28-22(31)34-23(2,3)4)10-15-16(20-26-7-8-32-20)17-18(33-15)19(30-21(24)29-17)27-11-13-6-5-9-35-13/h5-9,12,14H,10-11H2,1-4H3,(H,28,31)(H,27,29,30). The number of alkyl halides is 1. The number of amides is 1. The van der Waals surface area contributed by atoms with E-state index in [4.69, 9.17) is 25.2 Å². The minimum Gasteiger partial charge on any atom is -0.455 e. The number of rotatable bonds is 8. The molecule has 9 nitrogen and oxygen atoms in total. The summed E-state index contributed by atoms with van der Waals surface area (Å²) in [6.07, 6.45) is 0.712. The maximum absolute atomic E-state index is 14.6. The van der Waals surface area contributed by atoms with E-state index in [2.05, 4.69) is 25.6 Å². The number of nitrogens with zero attached hydrogens (tertiary/aromatic N) is 3. The quantitative estimate of drug-likeness (QED) is 0.271. The Labute approximate surface area is 210 Å². The second-order valence-electron chi connectivity index (χ2n) is 8.82. The molecule has 0 saturated heterocycles. The Balaban J connectivity index is 1.72. The summed E-state index contributed by atoms with van der Waals surface area (Å²) in [5.41, 5.74) is 0.354. The predicted molar refractivity (Wildman–Crippen MR) is 131 cm³/mol. The normalized spacial score (nSPS) is 13.5. The number of alkyl carbamates (subject to hydrolysis) is 1. The number of carbonyl (C=O) groups is 1. The van der Waals surface area contributed by atoms with Crippen molar-refractivity contribution in [1.82, 2.24) is 20.3 Å².